The second-order valence-electron chi connectivity index (χ2n) is 9.90. The predicted molar refractivity (Wildman–Crippen MR) is 140 cm³/mol. The number of amides is 1. The van der Waals surface area contributed by atoms with Crippen molar-refractivity contribution in [3.05, 3.63) is 77.9 Å². The van der Waals surface area contributed by atoms with Crippen LogP contribution in [0.25, 0.3) is 21.8 Å². The number of nitrogens with one attached hydrogen (secondary N) is 2. The van der Waals surface area contributed by atoms with Gasteiger partial charge in [-0.1, -0.05) is 30.3 Å². The molecule has 6 nitrogen and oxygen atoms in total. The van der Waals surface area contributed by atoms with Crippen LogP contribution in [0.5, 0.6) is 5.75 Å². The first-order valence-electron chi connectivity index (χ1n) is 12.5. The van der Waals surface area contributed by atoms with Gasteiger partial charge in [0.05, 0.1) is 7.11 Å². The zero-order chi connectivity index (χ0) is 23.9. The minimum Gasteiger partial charge on any atom is -0.497 e. The zero-order valence-corrected chi connectivity index (χ0v) is 20.3. The third kappa shape index (κ3) is 3.87. The number of methoxy groups -OCH3 is 1. The van der Waals surface area contributed by atoms with E-state index in [2.05, 4.69) is 82.0 Å². The summed E-state index contributed by atoms with van der Waals surface area (Å²) < 4.78 is 7.66. The molecule has 180 valence electrons. The summed E-state index contributed by atoms with van der Waals surface area (Å²) >= 11 is 0. The van der Waals surface area contributed by atoms with Gasteiger partial charge in [-0.15, -0.1) is 0 Å². The second kappa shape index (κ2) is 9.02. The molecule has 1 aromatic heterocycles. The monoisotopic (exact) mass is 468 g/mol. The van der Waals surface area contributed by atoms with Gasteiger partial charge in [-0.3, -0.25) is 15.6 Å². The lowest BCUT2D eigenvalue weighted by atomic mass is 9.81. The molecule has 0 spiro atoms. The van der Waals surface area contributed by atoms with E-state index < -0.39 is 0 Å². The van der Waals surface area contributed by atoms with Crippen molar-refractivity contribution in [2.45, 2.75) is 24.8 Å². The minimum atomic E-state index is 0.133. The van der Waals surface area contributed by atoms with E-state index in [1.807, 2.05) is 12.1 Å². The van der Waals surface area contributed by atoms with Crippen molar-refractivity contribution < 1.29 is 9.53 Å². The summed E-state index contributed by atoms with van der Waals surface area (Å²) in [5.74, 6) is 1.75. The Morgan fingerprint density at radius 2 is 1.86 bits per heavy atom. The maximum atomic E-state index is 13.6. The van der Waals surface area contributed by atoms with Gasteiger partial charge < -0.3 is 14.2 Å². The number of ether oxygens (including phenoxy) is 1. The fourth-order valence-corrected chi connectivity index (χ4v) is 6.13. The number of aryl methyl sites for hydroxylation is 1. The molecule has 1 amide bonds. The van der Waals surface area contributed by atoms with E-state index in [9.17, 15) is 4.79 Å². The van der Waals surface area contributed by atoms with E-state index >= 15 is 0 Å². The summed E-state index contributed by atoms with van der Waals surface area (Å²) in [5.41, 5.74) is 11.3. The normalized spacial score (nSPS) is 22.7. The van der Waals surface area contributed by atoms with Gasteiger partial charge in [0.15, 0.2) is 0 Å². The zero-order valence-electron chi connectivity index (χ0n) is 20.3. The van der Waals surface area contributed by atoms with Crippen molar-refractivity contribution in [1.82, 2.24) is 20.3 Å². The number of fused-ring (bicyclic) bond motifs is 3. The highest BCUT2D eigenvalue weighted by atomic mass is 16.5. The Labute approximate surface area is 205 Å². The number of para-hydroxylation sites is 1. The van der Waals surface area contributed by atoms with Crippen LogP contribution in [0.3, 0.4) is 0 Å². The van der Waals surface area contributed by atoms with E-state index in [0.29, 0.717) is 11.8 Å². The number of benzene rings is 3. The molecule has 6 rings (SSSR count). The summed E-state index contributed by atoms with van der Waals surface area (Å²) in [6.45, 7) is 2.46. The number of hydrogen-bond acceptors (Lipinski definition) is 4. The van der Waals surface area contributed by atoms with Gasteiger partial charge in [-0.05, 0) is 60.7 Å². The molecule has 2 N–H and O–H groups in total. The molecule has 6 heteroatoms. The Morgan fingerprint density at radius 3 is 2.74 bits per heavy atom. The lowest BCUT2D eigenvalue weighted by Gasteiger charge is -2.37. The van der Waals surface area contributed by atoms with Crippen molar-refractivity contribution in [3.63, 3.8) is 0 Å². The van der Waals surface area contributed by atoms with Crippen LogP contribution in [-0.2, 0) is 7.05 Å². The summed E-state index contributed by atoms with van der Waals surface area (Å²) in [4.78, 5) is 15.7. The Kier molecular flexibility index (Phi) is 5.71. The highest BCUT2D eigenvalue weighted by Crippen LogP contribution is 2.34. The lowest BCUT2D eigenvalue weighted by Crippen LogP contribution is -2.48. The highest BCUT2D eigenvalue weighted by Gasteiger charge is 2.38. The van der Waals surface area contributed by atoms with Crippen LogP contribution < -0.4 is 15.6 Å². The lowest BCUT2D eigenvalue weighted by molar-refractivity contribution is 0.0644. The van der Waals surface area contributed by atoms with Gasteiger partial charge in [0, 0.05) is 66.0 Å². The fourth-order valence-electron chi connectivity index (χ4n) is 6.13. The van der Waals surface area contributed by atoms with E-state index in [-0.39, 0.29) is 11.9 Å². The van der Waals surface area contributed by atoms with Crippen molar-refractivity contribution in [2.75, 3.05) is 26.7 Å². The van der Waals surface area contributed by atoms with Crippen molar-refractivity contribution >= 4 is 27.7 Å². The molecule has 35 heavy (non-hydrogen) atoms. The maximum Gasteiger partial charge on any atom is 0.253 e. The Hall–Kier alpha value is -3.35. The molecule has 3 aromatic carbocycles. The molecular weight excluding hydrogens is 436 g/mol. The number of aromatic nitrogens is 1. The SMILES string of the molecule is COc1cccc(C2CNNC2C2CCCN(C(=O)c3ccc4c(c3)c3ccccc3n4C)C2)c1. The molecule has 0 aliphatic carbocycles. The third-order valence-corrected chi connectivity index (χ3v) is 7.96. The average molecular weight is 469 g/mol. The minimum absolute atomic E-state index is 0.133. The van der Waals surface area contributed by atoms with Gasteiger partial charge >= 0.3 is 0 Å². The number of rotatable bonds is 4. The van der Waals surface area contributed by atoms with Crippen molar-refractivity contribution in [1.29, 1.82) is 0 Å². The van der Waals surface area contributed by atoms with Crippen LogP contribution in [-0.4, -0.2) is 48.2 Å². The van der Waals surface area contributed by atoms with Gasteiger partial charge in [0.1, 0.15) is 5.75 Å². The van der Waals surface area contributed by atoms with Gasteiger partial charge in [0.25, 0.3) is 5.91 Å². The molecule has 2 aliphatic rings. The van der Waals surface area contributed by atoms with Gasteiger partial charge in [-0.2, -0.15) is 0 Å². The molecule has 2 saturated heterocycles. The smallest absolute Gasteiger partial charge is 0.253 e. The van der Waals surface area contributed by atoms with E-state index in [4.69, 9.17) is 4.74 Å². The summed E-state index contributed by atoms with van der Waals surface area (Å²) in [7, 11) is 3.80. The van der Waals surface area contributed by atoms with E-state index in [0.717, 1.165) is 54.7 Å². The average Bonchev–Trinajstić information content (AvgIpc) is 3.52. The highest BCUT2D eigenvalue weighted by molar-refractivity contribution is 6.10. The van der Waals surface area contributed by atoms with Crippen LogP contribution in [0.2, 0.25) is 0 Å². The molecule has 4 aromatic rings. The molecule has 3 unspecified atom stereocenters. The fraction of sp³-hybridized carbons (Fsp3) is 0.345. The molecule has 3 atom stereocenters. The number of carbonyl (C=O) groups is 1. The first-order chi connectivity index (χ1) is 17.1. The van der Waals surface area contributed by atoms with Crippen LogP contribution in [0, 0.1) is 5.92 Å². The second-order valence-corrected chi connectivity index (χ2v) is 9.90. The quantitative estimate of drug-likeness (QED) is 0.465. The Bertz CT molecular complexity index is 1390. The number of hydrazine groups is 1. The van der Waals surface area contributed by atoms with Crippen LogP contribution in [0.15, 0.2) is 66.7 Å². The Balaban J connectivity index is 1.24. The number of piperidine rings is 1. The van der Waals surface area contributed by atoms with E-state index in [1.54, 1.807) is 7.11 Å². The maximum absolute atomic E-state index is 13.6. The van der Waals surface area contributed by atoms with Crippen LogP contribution >= 0.6 is 0 Å². The third-order valence-electron chi connectivity index (χ3n) is 7.96. The Morgan fingerprint density at radius 1 is 1.00 bits per heavy atom. The summed E-state index contributed by atoms with van der Waals surface area (Å²) in [6.07, 6.45) is 2.14. The summed E-state index contributed by atoms with van der Waals surface area (Å²) in [6, 6.07) is 23.2. The standard InChI is InChI=1S/C29H32N4O2/c1-32-26-11-4-3-10-23(26)24-16-20(12-13-27(24)32)29(34)33-14-6-8-21(18-33)28-25(17-30-31-28)19-7-5-9-22(15-19)35-2/h3-5,7,9-13,15-16,21,25,28,30-31H,6,8,14,17-18H2,1-2H3. The molecule has 0 bridgehead atoms. The molecule has 3 heterocycles. The molecular formula is C29H32N4O2. The molecule has 0 saturated carbocycles. The van der Waals surface area contributed by atoms with Gasteiger partial charge in [0.2, 0.25) is 0 Å². The largest absolute Gasteiger partial charge is 0.497 e. The van der Waals surface area contributed by atoms with E-state index in [1.165, 1.54) is 16.5 Å². The first-order valence-corrected chi connectivity index (χ1v) is 12.5. The molecule has 2 aliphatic heterocycles. The predicted octanol–water partition coefficient (Wildman–Crippen LogP) is 4.45. The first kappa shape index (κ1) is 22.1. The molecule has 2 fully saturated rings. The van der Waals surface area contributed by atoms with Crippen molar-refractivity contribution in [3.8, 4) is 5.75 Å². The van der Waals surface area contributed by atoms with Crippen LogP contribution in [0.4, 0.5) is 0 Å². The number of hydrogen-bond donors (Lipinski definition) is 2. The topological polar surface area (TPSA) is 58.5 Å². The summed E-state index contributed by atoms with van der Waals surface area (Å²) in [5, 5.41) is 2.33. The van der Waals surface area contributed by atoms with Gasteiger partial charge in [-0.25, -0.2) is 0 Å². The van der Waals surface area contributed by atoms with Crippen molar-refractivity contribution in [2.24, 2.45) is 13.0 Å². The number of carbonyl (C=O) groups excluding carboxylic acids is 1. The number of likely N-dealkylation sites (tertiary alicyclic amines) is 1. The molecule has 0 radical (unpaired) electrons. The van der Waals surface area contributed by atoms with Crippen LogP contribution in [0.1, 0.15) is 34.7 Å². The number of nitrogens with zero attached hydrogens (tertiary/aromatic N) is 2.